The number of thiazole rings is 1. The van der Waals surface area contributed by atoms with E-state index < -0.39 is 5.41 Å². The molecule has 31 heavy (non-hydrogen) atoms. The van der Waals surface area contributed by atoms with Crippen molar-refractivity contribution in [2.45, 2.75) is 19.8 Å². The average molecular weight is 453 g/mol. The second-order valence-electron chi connectivity index (χ2n) is 7.92. The standard InChI is InChI=1S/C24H21ClN2O3S/c1-24(2,22(30)27-23-26-19-12-7-16(25)13-20(19)31-23)21(14-3-8-17(28)9-4-14)15-5-10-18(29)11-6-15/h3-13,21,28-29H,1-2H3,(H,26,27,30). The summed E-state index contributed by atoms with van der Waals surface area (Å²) < 4.78 is 0.897. The zero-order valence-corrected chi connectivity index (χ0v) is 18.5. The Balaban J connectivity index is 1.70. The van der Waals surface area contributed by atoms with Crippen molar-refractivity contribution >= 4 is 44.2 Å². The maximum absolute atomic E-state index is 13.4. The van der Waals surface area contributed by atoms with Gasteiger partial charge in [0.2, 0.25) is 5.91 Å². The molecule has 7 heteroatoms. The fourth-order valence-electron chi connectivity index (χ4n) is 3.70. The van der Waals surface area contributed by atoms with Crippen LogP contribution < -0.4 is 5.32 Å². The number of phenols is 2. The van der Waals surface area contributed by atoms with Crippen LogP contribution >= 0.6 is 22.9 Å². The summed E-state index contributed by atoms with van der Waals surface area (Å²) in [4.78, 5) is 17.9. The molecule has 4 aromatic rings. The Hall–Kier alpha value is -3.09. The smallest absolute Gasteiger partial charge is 0.232 e. The van der Waals surface area contributed by atoms with Gasteiger partial charge in [0.1, 0.15) is 11.5 Å². The van der Waals surface area contributed by atoms with Crippen LogP contribution in [0.25, 0.3) is 10.2 Å². The van der Waals surface area contributed by atoms with Gasteiger partial charge in [-0.15, -0.1) is 0 Å². The number of nitrogens with one attached hydrogen (secondary N) is 1. The predicted octanol–water partition coefficient (Wildman–Crippen LogP) is 6.16. The molecule has 0 aliphatic heterocycles. The predicted molar refractivity (Wildman–Crippen MR) is 125 cm³/mol. The Bertz CT molecular complexity index is 1190. The lowest BCUT2D eigenvalue weighted by molar-refractivity contribution is -0.124. The number of aromatic hydroxyl groups is 2. The number of anilines is 1. The molecule has 5 nitrogen and oxygen atoms in total. The van der Waals surface area contributed by atoms with E-state index >= 15 is 0 Å². The van der Waals surface area contributed by atoms with E-state index in [1.54, 1.807) is 30.3 Å². The van der Waals surface area contributed by atoms with E-state index in [0.29, 0.717) is 10.2 Å². The third kappa shape index (κ3) is 4.36. The lowest BCUT2D eigenvalue weighted by Crippen LogP contribution is -2.37. The van der Waals surface area contributed by atoms with Crippen molar-refractivity contribution in [3.8, 4) is 11.5 Å². The van der Waals surface area contributed by atoms with E-state index in [9.17, 15) is 15.0 Å². The molecular weight excluding hydrogens is 432 g/mol. The number of fused-ring (bicyclic) bond motifs is 1. The minimum absolute atomic E-state index is 0.156. The highest BCUT2D eigenvalue weighted by molar-refractivity contribution is 7.22. The monoisotopic (exact) mass is 452 g/mol. The number of hydrogen-bond donors (Lipinski definition) is 3. The molecule has 4 rings (SSSR count). The van der Waals surface area contributed by atoms with Crippen LogP contribution in [0.1, 0.15) is 30.9 Å². The lowest BCUT2D eigenvalue weighted by Gasteiger charge is -2.33. The second-order valence-corrected chi connectivity index (χ2v) is 9.39. The van der Waals surface area contributed by atoms with Crippen molar-refractivity contribution in [1.82, 2.24) is 4.98 Å². The molecule has 0 aliphatic rings. The minimum Gasteiger partial charge on any atom is -0.508 e. The highest BCUT2D eigenvalue weighted by Crippen LogP contribution is 2.43. The van der Waals surface area contributed by atoms with Crippen LogP contribution in [0.15, 0.2) is 66.7 Å². The average Bonchev–Trinajstić information content (AvgIpc) is 3.12. The van der Waals surface area contributed by atoms with Gasteiger partial charge in [0, 0.05) is 10.9 Å². The van der Waals surface area contributed by atoms with Gasteiger partial charge in [0.05, 0.1) is 15.6 Å². The van der Waals surface area contributed by atoms with Crippen LogP contribution in [-0.2, 0) is 4.79 Å². The summed E-state index contributed by atoms with van der Waals surface area (Å²) in [5, 5.41) is 23.5. The van der Waals surface area contributed by atoms with Gasteiger partial charge < -0.3 is 15.5 Å². The molecule has 158 valence electrons. The SMILES string of the molecule is CC(C)(C(=O)Nc1nc2ccc(Cl)cc2s1)C(c1ccc(O)cc1)c1ccc(O)cc1. The van der Waals surface area contributed by atoms with Crippen LogP contribution in [0.2, 0.25) is 5.02 Å². The summed E-state index contributed by atoms with van der Waals surface area (Å²) in [6.45, 7) is 3.74. The lowest BCUT2D eigenvalue weighted by atomic mass is 9.70. The van der Waals surface area contributed by atoms with E-state index in [2.05, 4.69) is 10.3 Å². The first kappa shape index (κ1) is 21.2. The summed E-state index contributed by atoms with van der Waals surface area (Å²) in [7, 11) is 0. The van der Waals surface area contributed by atoms with E-state index in [1.165, 1.54) is 11.3 Å². The quantitative estimate of drug-likeness (QED) is 0.338. The van der Waals surface area contributed by atoms with Crippen LogP contribution in [0.5, 0.6) is 11.5 Å². The van der Waals surface area contributed by atoms with Gasteiger partial charge >= 0.3 is 0 Å². The summed E-state index contributed by atoms with van der Waals surface area (Å²) >= 11 is 7.43. The molecule has 0 saturated heterocycles. The molecule has 1 heterocycles. The Kier molecular flexibility index (Phi) is 5.60. The first-order valence-electron chi connectivity index (χ1n) is 9.69. The number of hydrogen-bond acceptors (Lipinski definition) is 5. The van der Waals surface area contributed by atoms with Gasteiger partial charge in [-0.05, 0) is 53.6 Å². The Labute approximate surface area is 189 Å². The van der Waals surface area contributed by atoms with Gasteiger partial charge in [0.15, 0.2) is 5.13 Å². The van der Waals surface area contributed by atoms with Crippen LogP contribution in [0, 0.1) is 5.41 Å². The van der Waals surface area contributed by atoms with Crippen molar-refractivity contribution in [1.29, 1.82) is 0 Å². The first-order valence-corrected chi connectivity index (χ1v) is 10.9. The molecule has 1 amide bonds. The topological polar surface area (TPSA) is 82.5 Å². The molecule has 3 aromatic carbocycles. The van der Waals surface area contributed by atoms with E-state index in [1.807, 2.05) is 50.2 Å². The second kappa shape index (κ2) is 8.21. The summed E-state index contributed by atoms with van der Waals surface area (Å²) in [6.07, 6.45) is 0. The molecule has 0 bridgehead atoms. The zero-order valence-electron chi connectivity index (χ0n) is 17.0. The molecule has 0 spiro atoms. The fourth-order valence-corrected chi connectivity index (χ4v) is 4.84. The summed E-state index contributed by atoms with van der Waals surface area (Å²) in [6, 6.07) is 19.1. The van der Waals surface area contributed by atoms with E-state index in [0.717, 1.165) is 21.3 Å². The van der Waals surface area contributed by atoms with Crippen LogP contribution in [-0.4, -0.2) is 21.1 Å². The number of halogens is 1. The summed E-state index contributed by atoms with van der Waals surface area (Å²) in [5.41, 5.74) is 1.65. The molecule has 3 N–H and O–H groups in total. The number of rotatable bonds is 5. The molecule has 0 saturated carbocycles. The molecule has 1 aromatic heterocycles. The number of carbonyl (C=O) groups is 1. The highest BCUT2D eigenvalue weighted by atomic mass is 35.5. The molecular formula is C24H21ClN2O3S. The highest BCUT2D eigenvalue weighted by Gasteiger charge is 2.39. The Morgan fingerprint density at radius 2 is 1.52 bits per heavy atom. The van der Waals surface area contributed by atoms with Gasteiger partial charge in [-0.25, -0.2) is 4.98 Å². The minimum atomic E-state index is -0.872. The zero-order chi connectivity index (χ0) is 22.2. The Morgan fingerprint density at radius 3 is 2.06 bits per heavy atom. The largest absolute Gasteiger partial charge is 0.508 e. The van der Waals surface area contributed by atoms with Crippen LogP contribution in [0.4, 0.5) is 5.13 Å². The van der Waals surface area contributed by atoms with Crippen molar-refractivity contribution in [2.24, 2.45) is 5.41 Å². The fraction of sp³-hybridized carbons (Fsp3) is 0.167. The molecule has 0 radical (unpaired) electrons. The van der Waals surface area contributed by atoms with Gasteiger partial charge in [0.25, 0.3) is 0 Å². The number of aromatic nitrogens is 1. The van der Waals surface area contributed by atoms with Crippen LogP contribution in [0.3, 0.4) is 0 Å². The van der Waals surface area contributed by atoms with Gasteiger partial charge in [-0.1, -0.05) is 61.1 Å². The van der Waals surface area contributed by atoms with E-state index in [4.69, 9.17) is 11.6 Å². The van der Waals surface area contributed by atoms with Crippen molar-refractivity contribution in [2.75, 3.05) is 5.32 Å². The first-order chi connectivity index (χ1) is 14.7. The molecule has 0 aliphatic carbocycles. The van der Waals surface area contributed by atoms with E-state index in [-0.39, 0.29) is 23.3 Å². The molecule has 0 unspecified atom stereocenters. The van der Waals surface area contributed by atoms with Crippen molar-refractivity contribution < 1.29 is 15.0 Å². The normalized spacial score (nSPS) is 11.7. The van der Waals surface area contributed by atoms with Crippen molar-refractivity contribution in [3.05, 3.63) is 82.9 Å². The Morgan fingerprint density at radius 1 is 0.968 bits per heavy atom. The number of phenolic OH excluding ortho intramolecular Hbond substituents is 2. The number of benzene rings is 3. The third-order valence-corrected chi connectivity index (χ3v) is 6.50. The third-order valence-electron chi connectivity index (χ3n) is 5.33. The van der Waals surface area contributed by atoms with Gasteiger partial charge in [-0.3, -0.25) is 4.79 Å². The number of carbonyl (C=O) groups excluding carboxylic acids is 1. The maximum Gasteiger partial charge on any atom is 0.232 e. The molecule has 0 fully saturated rings. The number of amides is 1. The summed E-state index contributed by atoms with van der Waals surface area (Å²) in [5.74, 6) is -0.200. The maximum atomic E-state index is 13.4. The molecule has 0 atom stereocenters. The number of nitrogens with zero attached hydrogens (tertiary/aromatic N) is 1. The van der Waals surface area contributed by atoms with Crippen molar-refractivity contribution in [3.63, 3.8) is 0 Å². The van der Waals surface area contributed by atoms with Gasteiger partial charge in [-0.2, -0.15) is 0 Å².